The molecule has 0 bridgehead atoms. The fourth-order valence-corrected chi connectivity index (χ4v) is 3.06. The Morgan fingerprint density at radius 1 is 0.947 bits per heavy atom. The van der Waals surface area contributed by atoms with Gasteiger partial charge in [0.05, 0.1) is 0 Å². The molecule has 0 unspecified atom stereocenters. The number of hydrogen-bond donors (Lipinski definition) is 6. The summed E-state index contributed by atoms with van der Waals surface area (Å²) < 4.78 is 21.4. The molecule has 0 aliphatic heterocycles. The van der Waals surface area contributed by atoms with E-state index < -0.39 is 26.7 Å². The van der Waals surface area contributed by atoms with Gasteiger partial charge in [-0.2, -0.15) is 0 Å². The second-order valence-corrected chi connectivity index (χ2v) is 6.76. The van der Waals surface area contributed by atoms with Crippen LogP contribution in [0.2, 0.25) is 0 Å². The van der Waals surface area contributed by atoms with Crippen LogP contribution in [0.25, 0.3) is 0 Å². The van der Waals surface area contributed by atoms with Crippen LogP contribution in [0.1, 0.15) is 15.7 Å². The van der Waals surface area contributed by atoms with Crippen molar-refractivity contribution in [3.63, 3.8) is 0 Å². The number of hydrogen-bond acceptors (Lipinski definition) is 4. The van der Waals surface area contributed by atoms with Crippen LogP contribution in [-0.4, -0.2) is 52.7 Å². The smallest absolute Gasteiger partial charge is 1.00 e. The average Bonchev–Trinajstić information content (AvgIpc) is 1.95. The van der Waals surface area contributed by atoms with Crippen LogP contribution in [-0.2, 0) is 9.13 Å². The molecule has 0 heterocycles. The Kier molecular flexibility index (Phi) is 27.0. The van der Waals surface area contributed by atoms with Crippen molar-refractivity contribution in [1.82, 2.24) is 0 Å². The van der Waals surface area contributed by atoms with Crippen LogP contribution in [0, 0.1) is 0 Å². The molecule has 0 aromatic heterocycles. The van der Waals surface area contributed by atoms with Gasteiger partial charge in [-0.3, -0.25) is 9.13 Å². The van der Waals surface area contributed by atoms with E-state index in [1.165, 1.54) is 0 Å². The molecular weight excluding hydrogens is 330 g/mol. The molecule has 0 atom stereocenters. The largest absolute Gasteiger partial charge is 1.00 e. The van der Waals surface area contributed by atoms with Crippen molar-refractivity contribution in [2.24, 2.45) is 5.73 Å². The molecule has 0 rings (SSSR count). The van der Waals surface area contributed by atoms with E-state index in [9.17, 15) is 14.2 Å². The minimum absolute atomic E-state index is 0. The molecule has 0 spiro atoms. The quantitative estimate of drug-likeness (QED) is 0.204. The third-order valence-electron chi connectivity index (χ3n) is 1.65. The van der Waals surface area contributed by atoms with Gasteiger partial charge in [0.25, 0.3) is 5.08 Å². The topological polar surface area (TPSA) is 256 Å². The van der Waals surface area contributed by atoms with Gasteiger partial charge in [-0.05, 0) is 13.0 Å². The molecule has 0 aromatic rings. The van der Waals surface area contributed by atoms with Crippen molar-refractivity contribution in [3.8, 4) is 0 Å². The molecule has 114 valence electrons. The van der Waals surface area contributed by atoms with Crippen molar-refractivity contribution in [2.45, 2.75) is 17.9 Å². The van der Waals surface area contributed by atoms with E-state index in [2.05, 4.69) is 0 Å². The molecule has 11 nitrogen and oxygen atoms in total. The zero-order valence-electron chi connectivity index (χ0n) is 12.6. The summed E-state index contributed by atoms with van der Waals surface area (Å²) in [5.74, 6) is 0. The molecule has 19 heavy (non-hydrogen) atoms. The van der Waals surface area contributed by atoms with Gasteiger partial charge in [0.2, 0.25) is 0 Å². The van der Waals surface area contributed by atoms with Crippen LogP contribution >= 0.6 is 15.2 Å². The van der Waals surface area contributed by atoms with Crippen molar-refractivity contribution in [3.05, 3.63) is 0 Å². The van der Waals surface area contributed by atoms with Crippen molar-refractivity contribution in [1.29, 1.82) is 0 Å². The molecule has 13 N–H and O–H groups in total. The SMILES string of the molecule is NCCCC(O)(P(=O)(O)O)P(=O)(O)O.O.O.O.[H-].[H-].[Na+].[Na+]. The Hall–Kier alpha value is 2.10. The summed E-state index contributed by atoms with van der Waals surface area (Å²) in [6.45, 7) is -0.0394. The predicted octanol–water partition coefficient (Wildman–Crippen LogP) is -9.51. The molecule has 0 saturated heterocycles. The first-order chi connectivity index (χ1) is 6.06. The van der Waals surface area contributed by atoms with Crippen LogP contribution < -0.4 is 64.8 Å². The maximum absolute atomic E-state index is 10.7. The summed E-state index contributed by atoms with van der Waals surface area (Å²) in [5, 5.41) is 5.91. The Morgan fingerprint density at radius 2 is 1.21 bits per heavy atom. The maximum atomic E-state index is 10.7. The molecule has 0 fully saturated rings. The molecule has 0 saturated carbocycles. The summed E-state index contributed by atoms with van der Waals surface area (Å²) in [4.78, 5) is 34.5. The zero-order chi connectivity index (χ0) is 11.6. The Labute approximate surface area is 156 Å². The Morgan fingerprint density at radius 3 is 1.37 bits per heavy atom. The van der Waals surface area contributed by atoms with Gasteiger partial charge in [-0.1, -0.05) is 0 Å². The maximum Gasteiger partial charge on any atom is 1.00 e. The summed E-state index contributed by atoms with van der Waals surface area (Å²) >= 11 is 0. The summed E-state index contributed by atoms with van der Waals surface area (Å²) in [5.41, 5.74) is 5.01. The summed E-state index contributed by atoms with van der Waals surface area (Å²) in [6.07, 6.45) is -0.856. The Bertz CT molecular complexity index is 279. The third-order valence-corrected chi connectivity index (χ3v) is 5.53. The monoisotopic (exact) mass is 351 g/mol. The van der Waals surface area contributed by atoms with Gasteiger partial charge in [-0.25, -0.2) is 0 Å². The molecule has 0 amide bonds. The molecule has 0 aliphatic rings. The minimum atomic E-state index is -5.30. The van der Waals surface area contributed by atoms with Gasteiger partial charge < -0.3 is 49.7 Å². The van der Waals surface area contributed by atoms with E-state index in [-0.39, 0.29) is 91.4 Å². The van der Waals surface area contributed by atoms with Gasteiger partial charge in [0.1, 0.15) is 0 Å². The van der Waals surface area contributed by atoms with Crippen LogP contribution in [0.4, 0.5) is 0 Å². The second-order valence-electron chi connectivity index (χ2n) is 2.75. The van der Waals surface area contributed by atoms with Gasteiger partial charge in [0, 0.05) is 6.42 Å². The molecular formula is C4H21NNa2O10P2. The van der Waals surface area contributed by atoms with Crippen LogP contribution in [0.3, 0.4) is 0 Å². The van der Waals surface area contributed by atoms with Crippen LogP contribution in [0.15, 0.2) is 0 Å². The van der Waals surface area contributed by atoms with Gasteiger partial charge >= 0.3 is 74.3 Å². The predicted molar refractivity (Wildman–Crippen MR) is 60.4 cm³/mol. The van der Waals surface area contributed by atoms with Crippen molar-refractivity contribution in [2.75, 3.05) is 6.54 Å². The van der Waals surface area contributed by atoms with Gasteiger partial charge in [-0.15, -0.1) is 0 Å². The first-order valence-corrected chi connectivity index (χ1v) is 6.82. The third kappa shape index (κ3) is 10.5. The van der Waals surface area contributed by atoms with E-state index >= 15 is 0 Å². The van der Waals surface area contributed by atoms with Crippen LogP contribution in [0.5, 0.6) is 0 Å². The van der Waals surface area contributed by atoms with E-state index in [0.717, 1.165) is 0 Å². The first-order valence-electron chi connectivity index (χ1n) is 3.60. The Balaban J connectivity index is -0.0000000402. The average molecular weight is 351 g/mol. The molecule has 0 radical (unpaired) electrons. The molecule has 0 aromatic carbocycles. The van der Waals surface area contributed by atoms with Crippen molar-refractivity contribution < 1.29 is 112 Å². The van der Waals surface area contributed by atoms with E-state index in [1.54, 1.807) is 0 Å². The fraction of sp³-hybridized carbons (Fsp3) is 1.00. The van der Waals surface area contributed by atoms with E-state index in [0.29, 0.717) is 0 Å². The number of rotatable bonds is 5. The fourth-order valence-electron chi connectivity index (χ4n) is 0.800. The zero-order valence-corrected chi connectivity index (χ0v) is 16.4. The van der Waals surface area contributed by atoms with Gasteiger partial charge in [0.15, 0.2) is 0 Å². The molecule has 0 aliphatic carbocycles. The normalized spacial score (nSPS) is 10.6. The van der Waals surface area contributed by atoms with E-state index in [4.69, 9.17) is 25.3 Å². The minimum Gasteiger partial charge on any atom is -1.00 e. The summed E-state index contributed by atoms with van der Waals surface area (Å²) in [7, 11) is -10.6. The van der Waals surface area contributed by atoms with Crippen molar-refractivity contribution >= 4 is 15.2 Å². The molecule has 15 heteroatoms. The standard InChI is InChI=1S/C4H13NO7P2.2Na.3H2O.2H/c5-3-1-2-4(6,13(7,8)9)14(10,11)12;;;;;;;/h6H,1-3,5H2,(H2,7,8,9)(H2,10,11,12);;;3*1H2;;/q;2*+1;;;;2*-1. The number of nitrogens with two attached hydrogens (primary N) is 1. The second kappa shape index (κ2) is 13.7. The van der Waals surface area contributed by atoms with E-state index in [1.807, 2.05) is 0 Å². The summed E-state index contributed by atoms with van der Waals surface area (Å²) in [6, 6.07) is 0. The first kappa shape index (κ1) is 37.4. The number of aliphatic hydroxyl groups is 1.